The van der Waals surface area contributed by atoms with Gasteiger partial charge in [-0.2, -0.15) is 0 Å². The van der Waals surface area contributed by atoms with Crippen molar-refractivity contribution in [3.63, 3.8) is 0 Å². The molecule has 0 fully saturated rings. The van der Waals surface area contributed by atoms with Gasteiger partial charge in [-0.3, -0.25) is 4.79 Å². The summed E-state index contributed by atoms with van der Waals surface area (Å²) in [6.45, 7) is 0.371. The number of carbonyl (C=O) groups excluding carboxylic acids is 1. The number of rotatable bonds is 5. The summed E-state index contributed by atoms with van der Waals surface area (Å²) in [5.41, 5.74) is 0.864. The van der Waals surface area contributed by atoms with E-state index < -0.39 is 5.97 Å². The van der Waals surface area contributed by atoms with E-state index in [9.17, 15) is 9.59 Å². The molecule has 5 nitrogen and oxygen atoms in total. The maximum absolute atomic E-state index is 11.7. The first-order valence-corrected chi connectivity index (χ1v) is 5.15. The molecule has 0 bridgehead atoms. The summed E-state index contributed by atoms with van der Waals surface area (Å²) >= 11 is 0. The fraction of sp³-hybridized carbons (Fsp3) is 0.333. The van der Waals surface area contributed by atoms with E-state index >= 15 is 0 Å². The first-order chi connectivity index (χ1) is 8.06. The van der Waals surface area contributed by atoms with Gasteiger partial charge in [0.25, 0.3) is 0 Å². The van der Waals surface area contributed by atoms with Crippen molar-refractivity contribution in [2.24, 2.45) is 0 Å². The molecular weight excluding hydrogens is 222 g/mol. The molecule has 0 radical (unpaired) electrons. The summed E-state index contributed by atoms with van der Waals surface area (Å²) in [6.07, 6.45) is 0.299. The molecule has 0 aliphatic carbocycles. The van der Waals surface area contributed by atoms with Crippen molar-refractivity contribution < 1.29 is 19.4 Å². The van der Waals surface area contributed by atoms with Gasteiger partial charge in [0.2, 0.25) is 5.91 Å². The molecular formula is C12H15NO4. The number of carboxylic acid groups (broad SMARTS) is 1. The third kappa shape index (κ3) is 3.57. The summed E-state index contributed by atoms with van der Waals surface area (Å²) in [5, 5.41) is 8.74. The van der Waals surface area contributed by atoms with Crippen LogP contribution in [0.4, 0.5) is 5.69 Å². The van der Waals surface area contributed by atoms with Crippen LogP contribution in [0, 0.1) is 0 Å². The van der Waals surface area contributed by atoms with Crippen LogP contribution >= 0.6 is 0 Å². The molecule has 1 aromatic rings. The second-order valence-electron chi connectivity index (χ2n) is 3.55. The quantitative estimate of drug-likeness (QED) is 0.840. The molecule has 0 saturated heterocycles. The summed E-state index contributed by atoms with van der Waals surface area (Å²) in [6, 6.07) is 6.15. The highest BCUT2D eigenvalue weighted by Crippen LogP contribution is 2.14. The van der Waals surface area contributed by atoms with E-state index in [1.165, 1.54) is 24.1 Å². The lowest BCUT2D eigenvalue weighted by molar-refractivity contribution is -0.119. The normalized spacial score (nSPS) is 10.0. The lowest BCUT2D eigenvalue weighted by Crippen LogP contribution is -2.27. The van der Waals surface area contributed by atoms with Gasteiger partial charge in [-0.05, 0) is 24.3 Å². The highest BCUT2D eigenvalue weighted by molar-refractivity contribution is 5.94. The van der Waals surface area contributed by atoms with E-state index in [0.717, 1.165) is 0 Å². The van der Waals surface area contributed by atoms with Gasteiger partial charge < -0.3 is 14.7 Å². The van der Waals surface area contributed by atoms with E-state index in [1.54, 1.807) is 19.2 Å². The second kappa shape index (κ2) is 6.00. The summed E-state index contributed by atoms with van der Waals surface area (Å²) in [7, 11) is 3.18. The molecule has 0 heterocycles. The highest BCUT2D eigenvalue weighted by Gasteiger charge is 2.11. The molecule has 0 aliphatic heterocycles. The molecule has 0 atom stereocenters. The molecule has 1 rings (SSSR count). The fourth-order valence-electron chi connectivity index (χ4n) is 1.33. The number of amides is 1. The van der Waals surface area contributed by atoms with Crippen LogP contribution < -0.4 is 4.90 Å². The van der Waals surface area contributed by atoms with Gasteiger partial charge >= 0.3 is 5.97 Å². The topological polar surface area (TPSA) is 66.8 Å². The maximum atomic E-state index is 11.7. The van der Waals surface area contributed by atoms with Crippen molar-refractivity contribution >= 4 is 17.6 Å². The van der Waals surface area contributed by atoms with E-state index in [-0.39, 0.29) is 11.5 Å². The van der Waals surface area contributed by atoms with E-state index in [4.69, 9.17) is 9.84 Å². The van der Waals surface area contributed by atoms with Crippen molar-refractivity contribution in [3.05, 3.63) is 29.8 Å². The number of methoxy groups -OCH3 is 1. The number of hydrogen-bond acceptors (Lipinski definition) is 3. The number of aromatic carboxylic acids is 1. The summed E-state index contributed by atoms with van der Waals surface area (Å²) in [4.78, 5) is 23.8. The van der Waals surface area contributed by atoms with Crippen molar-refractivity contribution in [2.75, 3.05) is 25.7 Å². The van der Waals surface area contributed by atoms with E-state index in [2.05, 4.69) is 0 Å². The molecule has 0 saturated carbocycles. The summed E-state index contributed by atoms with van der Waals surface area (Å²) < 4.78 is 4.82. The lowest BCUT2D eigenvalue weighted by atomic mass is 10.2. The molecule has 0 aliphatic rings. The van der Waals surface area contributed by atoms with Crippen LogP contribution in [0.5, 0.6) is 0 Å². The average molecular weight is 237 g/mol. The molecule has 5 heteroatoms. The van der Waals surface area contributed by atoms with Crippen molar-refractivity contribution in [2.45, 2.75) is 6.42 Å². The van der Waals surface area contributed by atoms with Crippen molar-refractivity contribution in [1.29, 1.82) is 0 Å². The standard InChI is InChI=1S/C12H15NO4/c1-13(11(14)7-8-17-2)10-5-3-9(4-6-10)12(15)16/h3-6H,7-8H2,1-2H3,(H,15,16). The highest BCUT2D eigenvalue weighted by atomic mass is 16.5. The zero-order valence-corrected chi connectivity index (χ0v) is 9.84. The number of anilines is 1. The van der Waals surface area contributed by atoms with Gasteiger partial charge in [-0.25, -0.2) is 4.79 Å². The molecule has 17 heavy (non-hydrogen) atoms. The average Bonchev–Trinajstić information content (AvgIpc) is 2.35. The number of nitrogens with zero attached hydrogens (tertiary/aromatic N) is 1. The molecule has 92 valence electrons. The van der Waals surface area contributed by atoms with Gasteiger partial charge in [0.05, 0.1) is 18.6 Å². The number of ether oxygens (including phenoxy) is 1. The first-order valence-electron chi connectivity index (χ1n) is 5.15. The number of benzene rings is 1. The van der Waals surface area contributed by atoms with Crippen molar-refractivity contribution in [3.8, 4) is 0 Å². The van der Waals surface area contributed by atoms with Gasteiger partial charge in [-0.15, -0.1) is 0 Å². The number of carboxylic acids is 1. The van der Waals surface area contributed by atoms with Crippen LogP contribution in [-0.4, -0.2) is 37.7 Å². The molecule has 0 spiro atoms. The largest absolute Gasteiger partial charge is 0.478 e. The predicted molar refractivity (Wildman–Crippen MR) is 63.3 cm³/mol. The predicted octanol–water partition coefficient (Wildman–Crippen LogP) is 1.38. The third-order valence-corrected chi connectivity index (χ3v) is 2.40. The Morgan fingerprint density at radius 2 is 1.88 bits per heavy atom. The Morgan fingerprint density at radius 1 is 1.29 bits per heavy atom. The Hall–Kier alpha value is -1.88. The van der Waals surface area contributed by atoms with E-state index in [0.29, 0.717) is 18.7 Å². The van der Waals surface area contributed by atoms with Crippen LogP contribution in [-0.2, 0) is 9.53 Å². The summed E-state index contributed by atoms with van der Waals surface area (Å²) in [5.74, 6) is -1.06. The van der Waals surface area contributed by atoms with Crippen molar-refractivity contribution in [1.82, 2.24) is 0 Å². The second-order valence-corrected chi connectivity index (χ2v) is 3.55. The minimum absolute atomic E-state index is 0.0741. The minimum atomic E-state index is -0.982. The molecule has 1 aromatic carbocycles. The van der Waals surface area contributed by atoms with Gasteiger partial charge in [-0.1, -0.05) is 0 Å². The Kier molecular flexibility index (Phi) is 4.66. The van der Waals surface area contributed by atoms with Crippen LogP contribution in [0.2, 0.25) is 0 Å². The van der Waals surface area contributed by atoms with Crippen LogP contribution in [0.25, 0.3) is 0 Å². The van der Waals surface area contributed by atoms with Gasteiger partial charge in [0, 0.05) is 19.8 Å². The molecule has 1 N–H and O–H groups in total. The molecule has 1 amide bonds. The Bertz CT molecular complexity index is 399. The van der Waals surface area contributed by atoms with Gasteiger partial charge in [0.1, 0.15) is 0 Å². The molecule has 0 unspecified atom stereocenters. The monoisotopic (exact) mass is 237 g/mol. The SMILES string of the molecule is COCCC(=O)N(C)c1ccc(C(=O)O)cc1. The van der Waals surface area contributed by atoms with Crippen LogP contribution in [0.1, 0.15) is 16.8 Å². The Morgan fingerprint density at radius 3 is 2.35 bits per heavy atom. The van der Waals surface area contributed by atoms with E-state index in [1.807, 2.05) is 0 Å². The maximum Gasteiger partial charge on any atom is 0.335 e. The lowest BCUT2D eigenvalue weighted by Gasteiger charge is -2.17. The fourth-order valence-corrected chi connectivity index (χ4v) is 1.33. The van der Waals surface area contributed by atoms with Crippen LogP contribution in [0.3, 0.4) is 0 Å². The molecule has 0 aromatic heterocycles. The first kappa shape index (κ1) is 13.2. The number of carbonyl (C=O) groups is 2. The smallest absolute Gasteiger partial charge is 0.335 e. The zero-order chi connectivity index (χ0) is 12.8. The zero-order valence-electron chi connectivity index (χ0n) is 9.84. The van der Waals surface area contributed by atoms with Crippen LogP contribution in [0.15, 0.2) is 24.3 Å². The third-order valence-electron chi connectivity index (χ3n) is 2.40. The van der Waals surface area contributed by atoms with Gasteiger partial charge in [0.15, 0.2) is 0 Å². The number of hydrogen-bond donors (Lipinski definition) is 1. The minimum Gasteiger partial charge on any atom is -0.478 e. The Balaban J connectivity index is 2.72. The Labute approximate surface area is 99.6 Å².